The molecule has 148 valence electrons. The highest BCUT2D eigenvalue weighted by Gasteiger charge is 2.14. The van der Waals surface area contributed by atoms with E-state index in [1.807, 2.05) is 65.6 Å². The summed E-state index contributed by atoms with van der Waals surface area (Å²) in [4.78, 5) is 17.4. The van der Waals surface area contributed by atoms with E-state index in [9.17, 15) is 4.79 Å². The van der Waals surface area contributed by atoms with Crippen LogP contribution in [0.1, 0.15) is 5.82 Å². The predicted molar refractivity (Wildman–Crippen MR) is 117 cm³/mol. The van der Waals surface area contributed by atoms with Crippen molar-refractivity contribution in [2.45, 2.75) is 17.5 Å². The largest absolute Gasteiger partial charge is 0.324 e. The molecule has 0 saturated heterocycles. The van der Waals surface area contributed by atoms with Crippen molar-refractivity contribution in [1.29, 1.82) is 0 Å². The number of amides is 1. The Morgan fingerprint density at radius 3 is 2.83 bits per heavy atom. The second-order valence-corrected chi connectivity index (χ2v) is 7.85. The van der Waals surface area contributed by atoms with E-state index < -0.39 is 0 Å². The van der Waals surface area contributed by atoms with Crippen molar-refractivity contribution in [3.63, 3.8) is 0 Å². The van der Waals surface area contributed by atoms with Crippen molar-refractivity contribution >= 4 is 46.2 Å². The quantitative estimate of drug-likeness (QED) is 0.455. The number of nitrogens with one attached hydrogen (secondary N) is 1. The third-order valence-electron chi connectivity index (χ3n) is 4.31. The fraction of sp³-hybridized carbons (Fsp3) is 0.211. The van der Waals surface area contributed by atoms with Gasteiger partial charge in [0.1, 0.15) is 12.4 Å². The molecule has 29 heavy (non-hydrogen) atoms. The first-order valence-electron chi connectivity index (χ1n) is 8.85. The highest BCUT2D eigenvalue weighted by molar-refractivity contribution is 7.98. The Balaban J connectivity index is 1.56. The molecule has 4 aromatic rings. The number of benzene rings is 2. The molecule has 0 saturated carbocycles. The molecular formula is C19H19N7OS2. The molecular weight excluding hydrogens is 406 g/mol. The topological polar surface area (TPSA) is 90.5 Å². The van der Waals surface area contributed by atoms with E-state index in [1.165, 1.54) is 11.8 Å². The minimum Gasteiger partial charge on any atom is -0.324 e. The van der Waals surface area contributed by atoms with Gasteiger partial charge in [0.15, 0.2) is 0 Å². The molecule has 4 rings (SSSR count). The molecule has 0 spiro atoms. The molecule has 1 amide bonds. The van der Waals surface area contributed by atoms with Crippen molar-refractivity contribution in [1.82, 2.24) is 29.8 Å². The van der Waals surface area contributed by atoms with Gasteiger partial charge in [0, 0.05) is 5.69 Å². The zero-order valence-electron chi connectivity index (χ0n) is 15.9. The fourth-order valence-electron chi connectivity index (χ4n) is 3.07. The SMILES string of the molecule is CSCc1nc2ccccc2n1CC(=O)Nc1cccc(-n2nnnc2SC)c1. The smallest absolute Gasteiger partial charge is 0.244 e. The maximum atomic E-state index is 12.8. The van der Waals surface area contributed by atoms with E-state index in [-0.39, 0.29) is 12.5 Å². The standard InChI is InChI=1S/C19H19N7OS2/c1-28-12-17-21-15-8-3-4-9-16(15)25(17)11-18(27)20-13-6-5-7-14(10-13)26-19(29-2)22-23-24-26/h3-10H,11-12H2,1-2H3,(H,20,27). The minimum absolute atomic E-state index is 0.116. The van der Waals surface area contributed by atoms with Gasteiger partial charge >= 0.3 is 0 Å². The molecule has 2 aromatic carbocycles. The lowest BCUT2D eigenvalue weighted by Gasteiger charge is -2.11. The number of carbonyl (C=O) groups excluding carboxylic acids is 1. The van der Waals surface area contributed by atoms with Gasteiger partial charge in [-0.3, -0.25) is 4.79 Å². The number of hydrogen-bond donors (Lipinski definition) is 1. The number of rotatable bonds is 7. The molecule has 2 aromatic heterocycles. The van der Waals surface area contributed by atoms with Crippen LogP contribution in [0.2, 0.25) is 0 Å². The summed E-state index contributed by atoms with van der Waals surface area (Å²) >= 11 is 3.13. The average Bonchev–Trinajstić information content (AvgIpc) is 3.34. The van der Waals surface area contributed by atoms with Crippen LogP contribution in [0.3, 0.4) is 0 Å². The predicted octanol–water partition coefficient (Wildman–Crippen LogP) is 3.24. The van der Waals surface area contributed by atoms with Crippen LogP contribution in [0, 0.1) is 0 Å². The lowest BCUT2D eigenvalue weighted by atomic mass is 10.2. The van der Waals surface area contributed by atoms with Gasteiger partial charge in [0.25, 0.3) is 0 Å². The van der Waals surface area contributed by atoms with Gasteiger partial charge in [-0.15, -0.1) is 5.10 Å². The maximum Gasteiger partial charge on any atom is 0.244 e. The van der Waals surface area contributed by atoms with Crippen LogP contribution >= 0.6 is 23.5 Å². The van der Waals surface area contributed by atoms with Gasteiger partial charge in [-0.05, 0) is 53.3 Å². The molecule has 0 bridgehead atoms. The Morgan fingerprint density at radius 2 is 2.00 bits per heavy atom. The molecule has 1 N–H and O–H groups in total. The van der Waals surface area contributed by atoms with E-state index in [0.717, 1.165) is 28.3 Å². The van der Waals surface area contributed by atoms with Crippen LogP contribution in [0.5, 0.6) is 0 Å². The Labute approximate surface area is 176 Å². The summed E-state index contributed by atoms with van der Waals surface area (Å²) < 4.78 is 3.61. The minimum atomic E-state index is -0.116. The number of hydrogen-bond acceptors (Lipinski definition) is 7. The number of fused-ring (bicyclic) bond motifs is 1. The number of nitrogens with zero attached hydrogens (tertiary/aromatic N) is 6. The molecule has 8 nitrogen and oxygen atoms in total. The van der Waals surface area contributed by atoms with Crippen LogP contribution in [-0.4, -0.2) is 48.2 Å². The van der Waals surface area contributed by atoms with E-state index >= 15 is 0 Å². The highest BCUT2D eigenvalue weighted by Crippen LogP contribution is 2.21. The van der Waals surface area contributed by atoms with Gasteiger partial charge in [-0.1, -0.05) is 30.0 Å². The van der Waals surface area contributed by atoms with Gasteiger partial charge in [-0.2, -0.15) is 16.4 Å². The lowest BCUT2D eigenvalue weighted by molar-refractivity contribution is -0.116. The monoisotopic (exact) mass is 425 g/mol. The molecule has 0 atom stereocenters. The van der Waals surface area contributed by atoms with Crippen LogP contribution < -0.4 is 5.32 Å². The number of tetrazole rings is 1. The van der Waals surface area contributed by atoms with Gasteiger partial charge in [0.05, 0.1) is 22.5 Å². The van der Waals surface area contributed by atoms with E-state index in [4.69, 9.17) is 0 Å². The summed E-state index contributed by atoms with van der Waals surface area (Å²) in [6, 6.07) is 15.3. The van der Waals surface area contributed by atoms with Crippen molar-refractivity contribution < 1.29 is 4.79 Å². The molecule has 0 unspecified atom stereocenters. The summed E-state index contributed by atoms with van der Waals surface area (Å²) in [5.41, 5.74) is 3.33. The highest BCUT2D eigenvalue weighted by atomic mass is 32.2. The third kappa shape index (κ3) is 4.13. The van der Waals surface area contributed by atoms with Gasteiger partial charge in [-0.25, -0.2) is 4.98 Å². The maximum absolute atomic E-state index is 12.8. The number of anilines is 1. The summed E-state index contributed by atoms with van der Waals surface area (Å²) in [7, 11) is 0. The summed E-state index contributed by atoms with van der Waals surface area (Å²) in [6.07, 6.45) is 3.94. The Kier molecular flexibility index (Phi) is 5.81. The second-order valence-electron chi connectivity index (χ2n) is 6.21. The molecule has 2 heterocycles. The lowest BCUT2D eigenvalue weighted by Crippen LogP contribution is -2.20. The fourth-order valence-corrected chi connectivity index (χ4v) is 3.98. The first-order chi connectivity index (χ1) is 14.2. The van der Waals surface area contributed by atoms with E-state index in [0.29, 0.717) is 10.8 Å². The summed E-state index contributed by atoms with van der Waals surface area (Å²) in [6.45, 7) is 0.196. The van der Waals surface area contributed by atoms with Crippen molar-refractivity contribution in [2.75, 3.05) is 17.8 Å². The first kappa shape index (κ1) is 19.5. The Hall–Kier alpha value is -2.85. The van der Waals surface area contributed by atoms with Crippen LogP contribution in [0.4, 0.5) is 5.69 Å². The number of carbonyl (C=O) groups is 1. The zero-order chi connectivity index (χ0) is 20.2. The number of imidazole rings is 1. The van der Waals surface area contributed by atoms with E-state index in [2.05, 4.69) is 25.8 Å². The van der Waals surface area contributed by atoms with Crippen LogP contribution in [-0.2, 0) is 17.1 Å². The number of thioether (sulfide) groups is 2. The molecule has 0 aliphatic carbocycles. The van der Waals surface area contributed by atoms with Gasteiger partial charge in [0.2, 0.25) is 11.1 Å². The molecule has 0 aliphatic rings. The number of para-hydroxylation sites is 2. The zero-order valence-corrected chi connectivity index (χ0v) is 17.6. The summed E-state index contributed by atoms with van der Waals surface area (Å²) in [5.74, 6) is 1.52. The second kappa shape index (κ2) is 8.66. The third-order valence-corrected chi connectivity index (χ3v) is 5.47. The van der Waals surface area contributed by atoms with Crippen molar-refractivity contribution in [3.8, 4) is 5.69 Å². The first-order valence-corrected chi connectivity index (χ1v) is 11.5. The average molecular weight is 426 g/mol. The molecule has 0 radical (unpaired) electrons. The number of aromatic nitrogens is 6. The van der Waals surface area contributed by atoms with Gasteiger partial charge < -0.3 is 9.88 Å². The molecule has 0 fully saturated rings. The molecule has 0 aliphatic heterocycles. The van der Waals surface area contributed by atoms with E-state index in [1.54, 1.807) is 16.4 Å². The molecule has 10 heteroatoms. The van der Waals surface area contributed by atoms with Crippen molar-refractivity contribution in [3.05, 3.63) is 54.4 Å². The Bertz CT molecular complexity index is 1150. The summed E-state index contributed by atoms with van der Waals surface area (Å²) in [5, 5.41) is 15.3. The van der Waals surface area contributed by atoms with Crippen LogP contribution in [0.15, 0.2) is 53.7 Å². The van der Waals surface area contributed by atoms with Crippen LogP contribution in [0.25, 0.3) is 16.7 Å². The van der Waals surface area contributed by atoms with Crippen molar-refractivity contribution in [2.24, 2.45) is 0 Å². The normalized spacial score (nSPS) is 11.1. The Morgan fingerprint density at radius 1 is 1.14 bits per heavy atom.